The molecule has 0 bridgehead atoms. The van der Waals surface area contributed by atoms with E-state index in [1.807, 2.05) is 4.98 Å². The fraction of sp³-hybridized carbons (Fsp3) is 0.125. The molecule has 0 aliphatic heterocycles. The van der Waals surface area contributed by atoms with Gasteiger partial charge in [-0.05, 0) is 0 Å². The van der Waals surface area contributed by atoms with Gasteiger partial charge in [0.1, 0.15) is 11.5 Å². The highest BCUT2D eigenvalue weighted by molar-refractivity contribution is 6.56. The Kier molecular flexibility index (Phi) is 3.97. The van der Waals surface area contributed by atoms with Crippen LogP contribution in [-0.2, 0) is 7.05 Å². The fourth-order valence-electron chi connectivity index (χ4n) is 1.07. The Hall–Kier alpha value is -2.91. The molecule has 96 valence electrons. The minimum atomic E-state index is -0.814. The van der Waals surface area contributed by atoms with Crippen LogP contribution in [0.25, 0.3) is 0 Å². The van der Waals surface area contributed by atoms with Crippen LogP contribution >= 0.6 is 0 Å². The maximum absolute atomic E-state index is 11.5. The van der Waals surface area contributed by atoms with Crippen LogP contribution in [0.3, 0.4) is 0 Å². The Balaban J connectivity index is 3.51. The van der Waals surface area contributed by atoms with Crippen molar-refractivity contribution in [2.45, 2.75) is 0 Å². The van der Waals surface area contributed by atoms with Crippen LogP contribution in [0.5, 0.6) is 0 Å². The van der Waals surface area contributed by atoms with Gasteiger partial charge in [0.25, 0.3) is 5.56 Å². The largest absolute Gasteiger partial charge is 0.411 e. The number of aromatic amines is 1. The third-order valence-electron chi connectivity index (χ3n) is 1.97. The molecule has 1 aromatic rings. The molecule has 0 aliphatic carbocycles. The van der Waals surface area contributed by atoms with E-state index in [4.69, 9.17) is 16.1 Å². The predicted molar refractivity (Wildman–Crippen MR) is 64.4 cm³/mol. The van der Waals surface area contributed by atoms with Gasteiger partial charge in [0.05, 0.1) is 12.4 Å². The van der Waals surface area contributed by atoms with Crippen LogP contribution < -0.4 is 17.0 Å². The SMILES string of the molecule is Cn1c(N)c(N=C(/C=N/O)/C=N/O)c(=O)[nH]c1=O. The number of H-pyrrole nitrogens is 1. The van der Waals surface area contributed by atoms with Crippen LogP contribution in [-0.4, -0.2) is 38.1 Å². The molecule has 0 aromatic carbocycles. The summed E-state index contributed by atoms with van der Waals surface area (Å²) in [6.45, 7) is 0. The van der Waals surface area contributed by atoms with E-state index in [9.17, 15) is 9.59 Å². The Morgan fingerprint density at radius 2 is 1.89 bits per heavy atom. The second-order valence-electron chi connectivity index (χ2n) is 3.08. The average Bonchev–Trinajstić information content (AvgIpc) is 2.32. The maximum Gasteiger partial charge on any atom is 0.329 e. The van der Waals surface area contributed by atoms with Crippen molar-refractivity contribution >= 4 is 29.6 Å². The van der Waals surface area contributed by atoms with Crippen LogP contribution in [0.2, 0.25) is 0 Å². The lowest BCUT2D eigenvalue weighted by atomic mass is 10.4. The maximum atomic E-state index is 11.5. The van der Waals surface area contributed by atoms with Gasteiger partial charge in [-0.25, -0.2) is 9.79 Å². The number of nitrogens with two attached hydrogens (primary N) is 1. The highest BCUT2D eigenvalue weighted by atomic mass is 16.4. The molecule has 1 heterocycles. The number of anilines is 1. The van der Waals surface area contributed by atoms with Crippen molar-refractivity contribution in [1.29, 1.82) is 0 Å². The number of oxime groups is 2. The molecule has 0 saturated heterocycles. The van der Waals surface area contributed by atoms with E-state index in [2.05, 4.69) is 15.3 Å². The van der Waals surface area contributed by atoms with Crippen molar-refractivity contribution in [3.8, 4) is 0 Å². The predicted octanol–water partition coefficient (Wildman–Crippen LogP) is -1.35. The standard InChI is InChI=1S/C8H10N6O4/c1-14-6(9)5(7(15)13-8(14)16)12-4(2-10-17)3-11-18/h2-3,17-18H,9H2,1H3,(H,13,15,16)/b10-2+,11-3+. The van der Waals surface area contributed by atoms with E-state index >= 15 is 0 Å². The lowest BCUT2D eigenvalue weighted by Gasteiger charge is -2.04. The van der Waals surface area contributed by atoms with Gasteiger partial charge >= 0.3 is 5.69 Å². The number of hydrogen-bond donors (Lipinski definition) is 4. The van der Waals surface area contributed by atoms with E-state index in [1.54, 1.807) is 0 Å². The summed E-state index contributed by atoms with van der Waals surface area (Å²) in [5, 5.41) is 22.0. The summed E-state index contributed by atoms with van der Waals surface area (Å²) in [6.07, 6.45) is 1.65. The molecule has 0 unspecified atom stereocenters. The van der Waals surface area contributed by atoms with Gasteiger partial charge < -0.3 is 16.1 Å². The summed E-state index contributed by atoms with van der Waals surface area (Å²) in [7, 11) is 1.34. The summed E-state index contributed by atoms with van der Waals surface area (Å²) in [5.41, 5.74) is 3.63. The molecule has 5 N–H and O–H groups in total. The Morgan fingerprint density at radius 3 is 2.39 bits per heavy atom. The fourth-order valence-corrected chi connectivity index (χ4v) is 1.07. The third kappa shape index (κ3) is 2.61. The highest BCUT2D eigenvalue weighted by Crippen LogP contribution is 2.12. The first kappa shape index (κ1) is 13.2. The molecule has 0 saturated carbocycles. The number of aromatic nitrogens is 2. The second kappa shape index (κ2) is 5.43. The molecule has 0 amide bonds. The van der Waals surface area contributed by atoms with E-state index in [0.29, 0.717) is 0 Å². The quantitative estimate of drug-likeness (QED) is 0.297. The second-order valence-corrected chi connectivity index (χ2v) is 3.08. The average molecular weight is 254 g/mol. The third-order valence-corrected chi connectivity index (χ3v) is 1.97. The summed E-state index contributed by atoms with van der Waals surface area (Å²) < 4.78 is 0.976. The number of nitrogen functional groups attached to an aromatic ring is 1. The van der Waals surface area contributed by atoms with E-state index in [-0.39, 0.29) is 17.2 Å². The molecule has 0 fully saturated rings. The van der Waals surface area contributed by atoms with E-state index in [1.165, 1.54) is 7.05 Å². The zero-order valence-corrected chi connectivity index (χ0v) is 9.23. The van der Waals surface area contributed by atoms with Crippen molar-refractivity contribution in [1.82, 2.24) is 9.55 Å². The van der Waals surface area contributed by atoms with Crippen LogP contribution in [0.15, 0.2) is 24.9 Å². The smallest absolute Gasteiger partial charge is 0.329 e. The van der Waals surface area contributed by atoms with Gasteiger partial charge in [0.2, 0.25) is 0 Å². The first-order chi connectivity index (χ1) is 8.51. The normalized spacial score (nSPS) is 11.2. The van der Waals surface area contributed by atoms with Crippen LogP contribution in [0.4, 0.5) is 11.5 Å². The zero-order valence-electron chi connectivity index (χ0n) is 9.23. The number of rotatable bonds is 3. The van der Waals surface area contributed by atoms with Crippen molar-refractivity contribution in [2.24, 2.45) is 22.4 Å². The monoisotopic (exact) mass is 254 g/mol. The van der Waals surface area contributed by atoms with Gasteiger partial charge in [0, 0.05) is 7.05 Å². The van der Waals surface area contributed by atoms with Gasteiger partial charge in [-0.3, -0.25) is 14.3 Å². The molecule has 18 heavy (non-hydrogen) atoms. The minimum absolute atomic E-state index is 0.143. The molecule has 0 atom stereocenters. The van der Waals surface area contributed by atoms with Crippen LogP contribution in [0, 0.1) is 0 Å². The molecule has 0 radical (unpaired) electrons. The molecular weight excluding hydrogens is 244 g/mol. The molecule has 0 aliphatic rings. The number of nitrogens with one attached hydrogen (secondary N) is 1. The van der Waals surface area contributed by atoms with Gasteiger partial charge in [-0.2, -0.15) is 0 Å². The van der Waals surface area contributed by atoms with Gasteiger partial charge in [0.15, 0.2) is 5.69 Å². The summed E-state index contributed by atoms with van der Waals surface area (Å²) >= 11 is 0. The lowest BCUT2D eigenvalue weighted by molar-refractivity contribution is 0.321. The molecule has 1 rings (SSSR count). The van der Waals surface area contributed by atoms with Crippen molar-refractivity contribution in [3.63, 3.8) is 0 Å². The topological polar surface area (TPSA) is 158 Å². The van der Waals surface area contributed by atoms with Gasteiger partial charge in [-0.1, -0.05) is 10.3 Å². The van der Waals surface area contributed by atoms with Crippen molar-refractivity contribution < 1.29 is 10.4 Å². The molecule has 1 aromatic heterocycles. The summed E-state index contributed by atoms with van der Waals surface area (Å²) in [4.78, 5) is 28.4. The van der Waals surface area contributed by atoms with Crippen LogP contribution in [0.1, 0.15) is 0 Å². The zero-order chi connectivity index (χ0) is 13.7. The highest BCUT2D eigenvalue weighted by Gasteiger charge is 2.09. The Morgan fingerprint density at radius 1 is 1.33 bits per heavy atom. The van der Waals surface area contributed by atoms with Crippen molar-refractivity contribution in [3.05, 3.63) is 20.8 Å². The Bertz CT molecular complexity index is 624. The summed E-state index contributed by atoms with van der Waals surface area (Å²) in [5.74, 6) is -0.182. The Labute approximate surface area is 99.4 Å². The number of aliphatic imine (C=N–C) groups is 1. The molecule has 10 heteroatoms. The summed E-state index contributed by atoms with van der Waals surface area (Å²) in [6, 6.07) is 0. The molecule has 0 spiro atoms. The van der Waals surface area contributed by atoms with E-state index < -0.39 is 11.2 Å². The van der Waals surface area contributed by atoms with Crippen molar-refractivity contribution in [2.75, 3.05) is 5.73 Å². The molecule has 10 nitrogen and oxygen atoms in total. The lowest BCUT2D eigenvalue weighted by Crippen LogP contribution is -2.30. The first-order valence-electron chi connectivity index (χ1n) is 4.53. The minimum Gasteiger partial charge on any atom is -0.411 e. The number of nitrogens with zero attached hydrogens (tertiary/aromatic N) is 4. The van der Waals surface area contributed by atoms with Gasteiger partial charge in [-0.15, -0.1) is 0 Å². The molecular formula is C8H10N6O4. The first-order valence-corrected chi connectivity index (χ1v) is 4.53. The number of hydrogen-bond acceptors (Lipinski definition) is 8. The van der Waals surface area contributed by atoms with E-state index in [0.717, 1.165) is 17.0 Å².